The molecule has 14 heavy (non-hydrogen) atoms. The lowest BCUT2D eigenvalue weighted by molar-refractivity contribution is 0.243. The molecule has 0 aromatic carbocycles. The molecule has 1 fully saturated rings. The number of hydrogen-bond donors (Lipinski definition) is 2. The summed E-state index contributed by atoms with van der Waals surface area (Å²) in [5, 5.41) is 3.42. The first-order chi connectivity index (χ1) is 6.74. The molecule has 3 nitrogen and oxygen atoms in total. The van der Waals surface area contributed by atoms with Crippen molar-refractivity contribution >= 4 is 0 Å². The van der Waals surface area contributed by atoms with Crippen LogP contribution in [-0.4, -0.2) is 43.7 Å². The van der Waals surface area contributed by atoms with E-state index in [0.29, 0.717) is 6.04 Å². The summed E-state index contributed by atoms with van der Waals surface area (Å²) >= 11 is 0. The van der Waals surface area contributed by atoms with Gasteiger partial charge in [0.2, 0.25) is 0 Å². The Labute approximate surface area is 88.0 Å². The molecule has 1 rings (SSSR count). The van der Waals surface area contributed by atoms with E-state index in [1.807, 2.05) is 0 Å². The minimum absolute atomic E-state index is 0.451. The zero-order chi connectivity index (χ0) is 10.4. The molecule has 84 valence electrons. The van der Waals surface area contributed by atoms with Gasteiger partial charge in [0.1, 0.15) is 0 Å². The quantitative estimate of drug-likeness (QED) is 0.665. The van der Waals surface area contributed by atoms with Crippen molar-refractivity contribution in [1.29, 1.82) is 0 Å². The molecule has 0 spiro atoms. The van der Waals surface area contributed by atoms with E-state index in [-0.39, 0.29) is 0 Å². The van der Waals surface area contributed by atoms with Gasteiger partial charge in [-0.25, -0.2) is 0 Å². The summed E-state index contributed by atoms with van der Waals surface area (Å²) in [6.07, 6.45) is 5.62. The highest BCUT2D eigenvalue weighted by Crippen LogP contribution is 2.21. The largest absolute Gasteiger partial charge is 0.329 e. The average molecular weight is 199 g/mol. The van der Waals surface area contributed by atoms with Crippen LogP contribution in [0.15, 0.2) is 0 Å². The zero-order valence-corrected chi connectivity index (χ0v) is 9.63. The van der Waals surface area contributed by atoms with Gasteiger partial charge >= 0.3 is 0 Å². The Kier molecular flexibility index (Phi) is 5.45. The van der Waals surface area contributed by atoms with Crippen LogP contribution in [0.5, 0.6) is 0 Å². The van der Waals surface area contributed by atoms with E-state index in [1.54, 1.807) is 0 Å². The molecule has 1 aliphatic carbocycles. The maximum Gasteiger partial charge on any atom is 0.0162 e. The summed E-state index contributed by atoms with van der Waals surface area (Å²) < 4.78 is 0. The fourth-order valence-electron chi connectivity index (χ4n) is 2.10. The zero-order valence-electron chi connectivity index (χ0n) is 9.63. The number of rotatable bonds is 6. The minimum atomic E-state index is 0.451. The first-order valence-corrected chi connectivity index (χ1v) is 5.87. The molecule has 0 amide bonds. The van der Waals surface area contributed by atoms with Gasteiger partial charge in [0.25, 0.3) is 0 Å². The molecule has 0 aromatic rings. The monoisotopic (exact) mass is 199 g/mol. The summed E-state index contributed by atoms with van der Waals surface area (Å²) in [6.45, 7) is 5.07. The van der Waals surface area contributed by atoms with Crippen molar-refractivity contribution in [1.82, 2.24) is 10.2 Å². The lowest BCUT2D eigenvalue weighted by atomic mass is 10.2. The third-order valence-corrected chi connectivity index (χ3v) is 3.26. The first kappa shape index (κ1) is 12.0. The molecule has 3 heteroatoms. The lowest BCUT2D eigenvalue weighted by Gasteiger charge is -2.24. The molecule has 0 radical (unpaired) electrons. The smallest absolute Gasteiger partial charge is 0.0162 e. The standard InChI is InChI=1S/C11H25N3/c1-10(9-12)13-7-8-14(2)11-5-3-4-6-11/h10-11,13H,3-9,12H2,1-2H3. The van der Waals surface area contributed by atoms with Gasteiger partial charge in [0.15, 0.2) is 0 Å². The molecule has 0 bridgehead atoms. The molecule has 1 aliphatic rings. The van der Waals surface area contributed by atoms with Gasteiger partial charge in [-0.05, 0) is 26.8 Å². The van der Waals surface area contributed by atoms with Gasteiger partial charge in [0.05, 0.1) is 0 Å². The molecule has 0 aromatic heterocycles. The van der Waals surface area contributed by atoms with Crippen molar-refractivity contribution in [3.63, 3.8) is 0 Å². The number of hydrogen-bond acceptors (Lipinski definition) is 3. The van der Waals surface area contributed by atoms with Crippen LogP contribution in [0.3, 0.4) is 0 Å². The van der Waals surface area contributed by atoms with Gasteiger partial charge in [-0.2, -0.15) is 0 Å². The van der Waals surface area contributed by atoms with Crippen LogP contribution in [0.4, 0.5) is 0 Å². The van der Waals surface area contributed by atoms with Crippen molar-refractivity contribution in [2.24, 2.45) is 5.73 Å². The lowest BCUT2D eigenvalue weighted by Crippen LogP contribution is -2.40. The molecule has 1 unspecified atom stereocenters. The molecular weight excluding hydrogens is 174 g/mol. The Morgan fingerprint density at radius 3 is 2.64 bits per heavy atom. The normalized spacial score (nSPS) is 20.6. The van der Waals surface area contributed by atoms with E-state index in [9.17, 15) is 0 Å². The number of nitrogens with zero attached hydrogens (tertiary/aromatic N) is 1. The Bertz CT molecular complexity index is 143. The van der Waals surface area contributed by atoms with Crippen LogP contribution in [0.25, 0.3) is 0 Å². The van der Waals surface area contributed by atoms with E-state index in [1.165, 1.54) is 25.7 Å². The third kappa shape index (κ3) is 3.95. The van der Waals surface area contributed by atoms with Gasteiger partial charge < -0.3 is 16.0 Å². The van der Waals surface area contributed by atoms with E-state index in [4.69, 9.17) is 5.73 Å². The van der Waals surface area contributed by atoms with E-state index in [2.05, 4.69) is 24.2 Å². The molecular formula is C11H25N3. The fraction of sp³-hybridized carbons (Fsp3) is 1.00. The highest BCUT2D eigenvalue weighted by Gasteiger charge is 2.18. The van der Waals surface area contributed by atoms with Crippen LogP contribution in [0.2, 0.25) is 0 Å². The van der Waals surface area contributed by atoms with Crippen molar-refractivity contribution in [3.05, 3.63) is 0 Å². The second kappa shape index (κ2) is 6.38. The summed E-state index contributed by atoms with van der Waals surface area (Å²) in [4.78, 5) is 2.49. The first-order valence-electron chi connectivity index (χ1n) is 5.87. The highest BCUT2D eigenvalue weighted by molar-refractivity contribution is 4.75. The maximum atomic E-state index is 5.53. The van der Waals surface area contributed by atoms with Gasteiger partial charge in [-0.15, -0.1) is 0 Å². The average Bonchev–Trinajstić information content (AvgIpc) is 2.70. The predicted molar refractivity (Wildman–Crippen MR) is 61.4 cm³/mol. The number of nitrogens with two attached hydrogens (primary N) is 1. The van der Waals surface area contributed by atoms with Crippen molar-refractivity contribution in [3.8, 4) is 0 Å². The molecule has 1 saturated carbocycles. The van der Waals surface area contributed by atoms with E-state index in [0.717, 1.165) is 25.7 Å². The summed E-state index contributed by atoms with van der Waals surface area (Å²) in [5.74, 6) is 0. The molecule has 0 saturated heterocycles. The third-order valence-electron chi connectivity index (χ3n) is 3.26. The number of nitrogens with one attached hydrogen (secondary N) is 1. The predicted octanol–water partition coefficient (Wildman–Crippen LogP) is 0.798. The molecule has 3 N–H and O–H groups in total. The van der Waals surface area contributed by atoms with Crippen LogP contribution in [-0.2, 0) is 0 Å². The summed E-state index contributed by atoms with van der Waals surface area (Å²) in [7, 11) is 2.24. The van der Waals surface area contributed by atoms with Crippen LogP contribution >= 0.6 is 0 Å². The summed E-state index contributed by atoms with van der Waals surface area (Å²) in [5.41, 5.74) is 5.53. The Balaban J connectivity index is 2.05. The molecule has 1 atom stereocenters. The van der Waals surface area contributed by atoms with Gasteiger partial charge in [0, 0.05) is 31.7 Å². The number of likely N-dealkylation sites (N-methyl/N-ethyl adjacent to an activating group) is 1. The SMILES string of the molecule is CC(CN)NCCN(C)C1CCCC1. The Hall–Kier alpha value is -0.120. The highest BCUT2D eigenvalue weighted by atomic mass is 15.1. The van der Waals surface area contributed by atoms with E-state index < -0.39 is 0 Å². The topological polar surface area (TPSA) is 41.3 Å². The summed E-state index contributed by atoms with van der Waals surface area (Å²) in [6, 6.07) is 1.29. The second-order valence-electron chi connectivity index (χ2n) is 4.51. The minimum Gasteiger partial charge on any atom is -0.329 e. The Morgan fingerprint density at radius 2 is 2.07 bits per heavy atom. The van der Waals surface area contributed by atoms with Gasteiger partial charge in [-0.1, -0.05) is 12.8 Å². The second-order valence-corrected chi connectivity index (χ2v) is 4.51. The van der Waals surface area contributed by atoms with Crippen LogP contribution in [0, 0.1) is 0 Å². The fourth-order valence-corrected chi connectivity index (χ4v) is 2.10. The van der Waals surface area contributed by atoms with Crippen LogP contribution in [0.1, 0.15) is 32.6 Å². The van der Waals surface area contributed by atoms with Gasteiger partial charge in [-0.3, -0.25) is 0 Å². The van der Waals surface area contributed by atoms with Crippen molar-refractivity contribution < 1.29 is 0 Å². The Morgan fingerprint density at radius 1 is 1.43 bits per heavy atom. The van der Waals surface area contributed by atoms with Crippen LogP contribution < -0.4 is 11.1 Å². The van der Waals surface area contributed by atoms with E-state index >= 15 is 0 Å². The van der Waals surface area contributed by atoms with Crippen molar-refractivity contribution in [2.75, 3.05) is 26.7 Å². The van der Waals surface area contributed by atoms with Crippen molar-refractivity contribution in [2.45, 2.75) is 44.7 Å². The maximum absolute atomic E-state index is 5.53. The molecule has 0 heterocycles. The molecule has 0 aliphatic heterocycles.